The maximum atomic E-state index is 4.09. The van der Waals surface area contributed by atoms with Crippen molar-refractivity contribution >= 4 is 16.4 Å². The molecule has 0 fully saturated rings. The zero-order valence-corrected chi connectivity index (χ0v) is 7.01. The van der Waals surface area contributed by atoms with E-state index in [1.54, 1.807) is 0 Å². The van der Waals surface area contributed by atoms with Gasteiger partial charge in [-0.05, 0) is 12.1 Å². The van der Waals surface area contributed by atoms with E-state index in [9.17, 15) is 0 Å². The molecule has 0 saturated heterocycles. The van der Waals surface area contributed by atoms with Gasteiger partial charge >= 0.3 is 0 Å². The molecule has 2 heterocycles. The van der Waals surface area contributed by atoms with E-state index in [1.807, 2.05) is 24.7 Å². The predicted molar refractivity (Wildman–Crippen MR) is 52.7 cm³/mol. The Balaban J connectivity index is 2.65. The van der Waals surface area contributed by atoms with Crippen LogP contribution in [0.25, 0.3) is 16.4 Å². The summed E-state index contributed by atoms with van der Waals surface area (Å²) in [7, 11) is 0. The van der Waals surface area contributed by atoms with E-state index in [1.165, 1.54) is 10.9 Å². The molecule has 0 N–H and O–H groups in total. The second kappa shape index (κ2) is 2.33. The Morgan fingerprint density at radius 2 is 2.00 bits per heavy atom. The Morgan fingerprint density at radius 1 is 1.08 bits per heavy atom. The van der Waals surface area contributed by atoms with Crippen molar-refractivity contribution in [3.05, 3.63) is 48.9 Å². The minimum absolute atomic E-state index is 1.15. The number of imidazole rings is 1. The summed E-state index contributed by atoms with van der Waals surface area (Å²) < 4.78 is 2.09. The highest BCUT2D eigenvalue weighted by atomic mass is 15.0. The largest absolute Gasteiger partial charge is 0.299 e. The van der Waals surface area contributed by atoms with Gasteiger partial charge in [0.05, 0.1) is 23.6 Å². The van der Waals surface area contributed by atoms with Gasteiger partial charge < -0.3 is 0 Å². The molecule has 0 aliphatic heterocycles. The fraction of sp³-hybridized carbons (Fsp3) is 0. The van der Waals surface area contributed by atoms with Crippen LogP contribution < -0.4 is 0 Å². The van der Waals surface area contributed by atoms with Gasteiger partial charge in [-0.1, -0.05) is 24.3 Å². The van der Waals surface area contributed by atoms with Gasteiger partial charge in [0.1, 0.15) is 0 Å². The molecule has 0 atom stereocenters. The first-order valence-corrected chi connectivity index (χ1v) is 4.25. The maximum Gasteiger partial charge on any atom is 0.0997 e. The Hall–Kier alpha value is -1.83. The lowest BCUT2D eigenvalue weighted by Crippen LogP contribution is -1.72. The molecule has 2 aromatic heterocycles. The van der Waals surface area contributed by atoms with E-state index in [4.69, 9.17) is 0 Å². The molecular weight excluding hydrogens is 160 g/mol. The number of hydrogen-bond donors (Lipinski definition) is 0. The van der Waals surface area contributed by atoms with Crippen LogP contribution in [0.3, 0.4) is 0 Å². The molecule has 3 rings (SSSR count). The quantitative estimate of drug-likeness (QED) is 0.504. The Bertz CT molecular complexity index is 566. The summed E-state index contributed by atoms with van der Waals surface area (Å²) in [6.07, 6.45) is 3.72. The number of rotatable bonds is 0. The average molecular weight is 168 g/mol. The van der Waals surface area contributed by atoms with Crippen molar-refractivity contribution in [1.29, 1.82) is 0 Å². The van der Waals surface area contributed by atoms with E-state index < -0.39 is 0 Å². The average Bonchev–Trinajstić information content (AvgIpc) is 2.61. The molecule has 0 saturated carbocycles. The van der Waals surface area contributed by atoms with Crippen molar-refractivity contribution in [2.75, 3.05) is 0 Å². The van der Waals surface area contributed by atoms with Gasteiger partial charge in [0.25, 0.3) is 0 Å². The van der Waals surface area contributed by atoms with Gasteiger partial charge in [-0.15, -0.1) is 0 Å². The lowest BCUT2D eigenvalue weighted by Gasteiger charge is -1.83. The molecule has 2 heteroatoms. The molecule has 0 radical (unpaired) electrons. The van der Waals surface area contributed by atoms with Crippen molar-refractivity contribution in [2.24, 2.45) is 0 Å². The lowest BCUT2D eigenvalue weighted by molar-refractivity contribution is 1.22. The van der Waals surface area contributed by atoms with Crippen LogP contribution in [0.1, 0.15) is 0 Å². The van der Waals surface area contributed by atoms with Crippen LogP contribution in [0.5, 0.6) is 0 Å². The molecule has 1 aromatic carbocycles. The summed E-state index contributed by atoms with van der Waals surface area (Å²) in [5.41, 5.74) is 2.36. The molecular formula is C11H8N2. The van der Waals surface area contributed by atoms with E-state index in [-0.39, 0.29) is 0 Å². The highest BCUT2D eigenvalue weighted by Crippen LogP contribution is 2.17. The molecule has 0 aliphatic rings. The van der Waals surface area contributed by atoms with Crippen LogP contribution >= 0.6 is 0 Å². The number of aromatic nitrogens is 2. The highest BCUT2D eigenvalue weighted by molar-refractivity contribution is 5.86. The minimum Gasteiger partial charge on any atom is -0.299 e. The van der Waals surface area contributed by atoms with Crippen LogP contribution in [0.4, 0.5) is 0 Å². The molecule has 0 spiro atoms. The third-order valence-electron chi connectivity index (χ3n) is 2.28. The van der Waals surface area contributed by atoms with Crippen molar-refractivity contribution in [1.82, 2.24) is 9.38 Å². The smallest absolute Gasteiger partial charge is 0.0997 e. The maximum absolute atomic E-state index is 4.09. The van der Waals surface area contributed by atoms with Gasteiger partial charge in [0.15, 0.2) is 0 Å². The molecule has 13 heavy (non-hydrogen) atoms. The van der Waals surface area contributed by atoms with Crippen molar-refractivity contribution in [3.8, 4) is 0 Å². The summed E-state index contributed by atoms with van der Waals surface area (Å²) in [5.74, 6) is 0. The topological polar surface area (TPSA) is 17.3 Å². The van der Waals surface area contributed by atoms with Gasteiger partial charge in [0.2, 0.25) is 0 Å². The Labute approximate surface area is 75.5 Å². The number of nitrogens with zero attached hydrogens (tertiary/aromatic N) is 2. The zero-order valence-electron chi connectivity index (χ0n) is 7.01. The number of fused-ring (bicyclic) bond motifs is 3. The van der Waals surface area contributed by atoms with E-state index in [0.717, 1.165) is 5.52 Å². The summed E-state index contributed by atoms with van der Waals surface area (Å²) in [6, 6.07) is 12.5. The van der Waals surface area contributed by atoms with Gasteiger partial charge in [-0.25, -0.2) is 4.98 Å². The highest BCUT2D eigenvalue weighted by Gasteiger charge is 1.99. The van der Waals surface area contributed by atoms with Crippen LogP contribution in [-0.2, 0) is 0 Å². The van der Waals surface area contributed by atoms with E-state index in [0.29, 0.717) is 0 Å². The molecule has 0 bridgehead atoms. The monoisotopic (exact) mass is 168 g/mol. The molecule has 0 aliphatic carbocycles. The Kier molecular flexibility index (Phi) is 1.19. The number of hydrogen-bond acceptors (Lipinski definition) is 1. The van der Waals surface area contributed by atoms with Crippen molar-refractivity contribution < 1.29 is 0 Å². The second-order valence-corrected chi connectivity index (χ2v) is 3.08. The fourth-order valence-electron chi connectivity index (χ4n) is 1.67. The zero-order chi connectivity index (χ0) is 8.67. The third kappa shape index (κ3) is 0.855. The third-order valence-corrected chi connectivity index (χ3v) is 2.28. The van der Waals surface area contributed by atoms with Crippen LogP contribution in [0.2, 0.25) is 0 Å². The SMILES string of the molecule is c1ccc2cc3cncn3c2cc1. The molecule has 0 amide bonds. The summed E-state index contributed by atoms with van der Waals surface area (Å²) >= 11 is 0. The van der Waals surface area contributed by atoms with E-state index in [2.05, 4.69) is 33.7 Å². The van der Waals surface area contributed by atoms with E-state index >= 15 is 0 Å². The molecule has 62 valence electrons. The van der Waals surface area contributed by atoms with Crippen molar-refractivity contribution in [3.63, 3.8) is 0 Å². The first-order valence-electron chi connectivity index (χ1n) is 4.25. The van der Waals surface area contributed by atoms with Crippen LogP contribution in [-0.4, -0.2) is 9.38 Å². The van der Waals surface area contributed by atoms with Crippen LogP contribution in [0, 0.1) is 0 Å². The molecule has 0 unspecified atom stereocenters. The van der Waals surface area contributed by atoms with Gasteiger partial charge in [-0.3, -0.25) is 4.40 Å². The predicted octanol–water partition coefficient (Wildman–Crippen LogP) is 2.49. The summed E-state index contributed by atoms with van der Waals surface area (Å²) in [6.45, 7) is 0. The lowest BCUT2D eigenvalue weighted by atomic mass is 10.3. The summed E-state index contributed by atoms with van der Waals surface area (Å²) in [5, 5.41) is 1.25. The molecule has 3 aromatic rings. The minimum atomic E-state index is 1.15. The van der Waals surface area contributed by atoms with Crippen LogP contribution in [0.15, 0.2) is 48.9 Å². The normalized spacial score (nSPS) is 11.1. The van der Waals surface area contributed by atoms with Gasteiger partial charge in [-0.2, -0.15) is 0 Å². The van der Waals surface area contributed by atoms with Crippen molar-refractivity contribution in [2.45, 2.75) is 0 Å². The van der Waals surface area contributed by atoms with Gasteiger partial charge in [0, 0.05) is 5.39 Å². The standard InChI is InChI=1S/C11H8N2/c1-2-4-9-6-10-7-12-8-13(10)11(9)5-3-1/h1-8H. The fourth-order valence-corrected chi connectivity index (χ4v) is 1.67. The second-order valence-electron chi connectivity index (χ2n) is 3.08. The Morgan fingerprint density at radius 3 is 3.00 bits per heavy atom. The first kappa shape index (κ1) is 6.66. The summed E-state index contributed by atoms with van der Waals surface area (Å²) in [4.78, 5) is 4.09. The first-order chi connectivity index (χ1) is 6.45. The molecule has 2 nitrogen and oxygen atoms in total.